The maximum Gasteiger partial charge on any atom is 0.275 e. The van der Waals surface area contributed by atoms with Gasteiger partial charge in [-0.2, -0.15) is 0 Å². The van der Waals surface area contributed by atoms with Gasteiger partial charge < -0.3 is 23.9 Å². The minimum absolute atomic E-state index is 0.00712. The van der Waals surface area contributed by atoms with Crippen molar-refractivity contribution in [1.29, 1.82) is 0 Å². The quantitative estimate of drug-likeness (QED) is 0.170. The molecule has 2 aromatic carbocycles. The van der Waals surface area contributed by atoms with E-state index in [0.29, 0.717) is 71.4 Å². The summed E-state index contributed by atoms with van der Waals surface area (Å²) in [4.78, 5) is 24.3. The Morgan fingerprint density at radius 3 is 1.41 bits per heavy atom. The van der Waals surface area contributed by atoms with Crippen molar-refractivity contribution >= 4 is 22.9 Å². The first-order chi connectivity index (χ1) is 27.3. The van der Waals surface area contributed by atoms with Crippen molar-refractivity contribution in [3.05, 3.63) is 132 Å². The van der Waals surface area contributed by atoms with Crippen LogP contribution in [0.25, 0.3) is 66.3 Å². The van der Waals surface area contributed by atoms with E-state index in [2.05, 4.69) is 39.8 Å². The molecule has 0 saturated heterocycles. The minimum atomic E-state index is -0.813. The number of hydrogen-bond acceptors (Lipinski definition) is 7. The lowest BCUT2D eigenvalue weighted by atomic mass is 9.89. The molecule has 0 radical (unpaired) electrons. The molecule has 0 atom stereocenters. The molecular formula is C40H29F3N12O. The molecule has 2 fully saturated rings. The Morgan fingerprint density at radius 1 is 0.589 bits per heavy atom. The van der Waals surface area contributed by atoms with E-state index < -0.39 is 6.17 Å². The van der Waals surface area contributed by atoms with Crippen molar-refractivity contribution in [2.24, 2.45) is 0 Å². The summed E-state index contributed by atoms with van der Waals surface area (Å²) in [7, 11) is 0. The third-order valence-electron chi connectivity index (χ3n) is 10.2. The molecule has 276 valence electrons. The van der Waals surface area contributed by atoms with Crippen molar-refractivity contribution in [2.45, 2.75) is 50.0 Å². The molecule has 2 aliphatic rings. The molecular weight excluding hydrogens is 722 g/mol. The van der Waals surface area contributed by atoms with Crippen molar-refractivity contribution in [2.75, 3.05) is 0 Å². The maximum absolute atomic E-state index is 13.5. The number of rotatable bonds is 6. The Morgan fingerprint density at radius 2 is 1.02 bits per heavy atom. The molecule has 0 bridgehead atoms. The number of aliphatic hydroxyl groups is 1. The van der Waals surface area contributed by atoms with Gasteiger partial charge in [0.05, 0.1) is 53.9 Å². The molecule has 0 aliphatic heterocycles. The molecule has 56 heavy (non-hydrogen) atoms. The second kappa shape index (κ2) is 13.9. The fourth-order valence-electron chi connectivity index (χ4n) is 7.08. The highest BCUT2D eigenvalue weighted by Gasteiger charge is 2.34. The first-order valence-corrected chi connectivity index (χ1v) is 17.7. The monoisotopic (exact) mass is 750 g/mol. The standard InChI is InChI=1S/C20H14F2N6.C20H15FN6O/c1-23-18-10-24-17-7-6-16(26-28(17)18)20-19(12-2-4-13(21)5-3-12)25-11-27(20)15-8-14(22)9-15;1-22-18-10-23-17-7-6-16(25-27(17)18)20-19(12-2-4-13(21)5-3-12)24-11-26(20)14-8-15(28)9-14/h2-7,10-11,14-15H,8-9H2;2-7,10-11,14-15,28H,8-9H2. The van der Waals surface area contributed by atoms with Crippen molar-refractivity contribution in [1.82, 2.24) is 48.3 Å². The van der Waals surface area contributed by atoms with Gasteiger partial charge in [0.2, 0.25) is 11.3 Å². The molecule has 1 N–H and O–H groups in total. The average Bonchev–Trinajstić information content (AvgIpc) is 4.00. The first kappa shape index (κ1) is 34.6. The topological polar surface area (TPSA) is 125 Å². The molecule has 0 unspecified atom stereocenters. The molecule has 13 nitrogen and oxygen atoms in total. The van der Waals surface area contributed by atoms with E-state index in [4.69, 9.17) is 13.1 Å². The van der Waals surface area contributed by atoms with Gasteiger partial charge in [-0.3, -0.25) is 0 Å². The number of nitrogens with zero attached hydrogens (tertiary/aromatic N) is 12. The fraction of sp³-hybridized carbons (Fsp3) is 0.200. The first-order valence-electron chi connectivity index (χ1n) is 17.7. The molecule has 0 spiro atoms. The van der Waals surface area contributed by atoms with E-state index in [-0.39, 0.29) is 29.8 Å². The van der Waals surface area contributed by atoms with Gasteiger partial charge in [-0.15, -0.1) is 9.03 Å². The van der Waals surface area contributed by atoms with Gasteiger partial charge in [0, 0.05) is 35.3 Å². The Balaban J connectivity index is 0.000000146. The highest BCUT2D eigenvalue weighted by Crippen LogP contribution is 2.41. The number of aromatic nitrogens is 10. The van der Waals surface area contributed by atoms with Crippen LogP contribution in [0.3, 0.4) is 0 Å². The summed E-state index contributed by atoms with van der Waals surface area (Å²) in [6.07, 6.45) is 7.38. The maximum atomic E-state index is 13.5. The van der Waals surface area contributed by atoms with Crippen LogP contribution < -0.4 is 0 Å². The van der Waals surface area contributed by atoms with Crippen LogP contribution in [0, 0.1) is 24.8 Å². The van der Waals surface area contributed by atoms with Crippen LogP contribution in [0.1, 0.15) is 37.8 Å². The third-order valence-corrected chi connectivity index (χ3v) is 10.2. The van der Waals surface area contributed by atoms with Gasteiger partial charge in [-0.1, -0.05) is 23.3 Å². The molecule has 2 aliphatic carbocycles. The van der Waals surface area contributed by atoms with Gasteiger partial charge in [-0.25, -0.2) is 33.1 Å². The third kappa shape index (κ3) is 6.11. The predicted molar refractivity (Wildman–Crippen MR) is 199 cm³/mol. The second-order valence-electron chi connectivity index (χ2n) is 13.6. The molecule has 0 amide bonds. The van der Waals surface area contributed by atoms with Crippen LogP contribution in [0.2, 0.25) is 0 Å². The van der Waals surface area contributed by atoms with Gasteiger partial charge >= 0.3 is 0 Å². The lowest BCUT2D eigenvalue weighted by Crippen LogP contribution is -2.30. The van der Waals surface area contributed by atoms with E-state index in [0.717, 1.165) is 22.5 Å². The molecule has 8 aromatic rings. The number of alkyl halides is 1. The summed E-state index contributed by atoms with van der Waals surface area (Å²) in [6.45, 7) is 14.6. The molecule has 10 rings (SSSR count). The number of fused-ring (bicyclic) bond motifs is 2. The van der Waals surface area contributed by atoms with Crippen LogP contribution in [0.4, 0.5) is 24.8 Å². The SMILES string of the molecule is [C-]#[N+]c1cnc2ccc(-c3c(-c4ccc(F)cc4)ncn3C3CC(F)C3)nn12.[C-]#[N+]c1cnc2ccc(-c3c(-c4ccc(F)cc4)ncn3C3CC(O)C3)nn12. The fourth-order valence-corrected chi connectivity index (χ4v) is 7.08. The van der Waals surface area contributed by atoms with Crippen molar-refractivity contribution in [3.63, 3.8) is 0 Å². The van der Waals surface area contributed by atoms with Crippen molar-refractivity contribution in [3.8, 4) is 45.3 Å². The summed E-state index contributed by atoms with van der Waals surface area (Å²) >= 11 is 0. The van der Waals surface area contributed by atoms with Crippen LogP contribution in [-0.2, 0) is 0 Å². The molecule has 16 heteroatoms. The number of benzene rings is 2. The normalized spacial score (nSPS) is 18.8. The van der Waals surface area contributed by atoms with E-state index in [1.54, 1.807) is 49.1 Å². The zero-order chi connectivity index (χ0) is 38.5. The number of halogens is 3. The van der Waals surface area contributed by atoms with Gasteiger partial charge in [0.15, 0.2) is 0 Å². The largest absolute Gasteiger partial charge is 0.393 e. The lowest BCUT2D eigenvalue weighted by Gasteiger charge is -2.33. The zero-order valence-corrected chi connectivity index (χ0v) is 29.3. The smallest absolute Gasteiger partial charge is 0.275 e. The Hall–Kier alpha value is -7.17. The summed E-state index contributed by atoms with van der Waals surface area (Å²) in [6, 6.07) is 19.6. The summed E-state index contributed by atoms with van der Waals surface area (Å²) in [5.41, 5.74) is 6.70. The zero-order valence-electron chi connectivity index (χ0n) is 29.3. The second-order valence-corrected chi connectivity index (χ2v) is 13.6. The molecule has 6 heterocycles. The highest BCUT2D eigenvalue weighted by molar-refractivity contribution is 5.78. The van der Waals surface area contributed by atoms with Crippen LogP contribution in [0.15, 0.2) is 97.8 Å². The molecule has 6 aromatic heterocycles. The van der Waals surface area contributed by atoms with Crippen molar-refractivity contribution < 1.29 is 18.3 Å². The number of hydrogen-bond donors (Lipinski definition) is 1. The minimum Gasteiger partial charge on any atom is -0.393 e. The number of imidazole rings is 4. The van der Waals surface area contributed by atoms with Gasteiger partial charge in [-0.05, 0) is 86.3 Å². The van der Waals surface area contributed by atoms with E-state index in [1.807, 2.05) is 21.3 Å². The summed E-state index contributed by atoms with van der Waals surface area (Å²) < 4.78 is 47.2. The number of aliphatic hydroxyl groups excluding tert-OH is 1. The van der Waals surface area contributed by atoms with E-state index >= 15 is 0 Å². The Labute approximate surface area is 316 Å². The Kier molecular flexibility index (Phi) is 8.59. The Bertz CT molecular complexity index is 2620. The van der Waals surface area contributed by atoms with Crippen LogP contribution in [-0.4, -0.2) is 65.7 Å². The summed E-state index contributed by atoms with van der Waals surface area (Å²) in [5, 5.41) is 18.9. The van der Waals surface area contributed by atoms with Gasteiger partial charge in [0.25, 0.3) is 11.6 Å². The summed E-state index contributed by atoms with van der Waals surface area (Å²) in [5.74, 6) is -0.0146. The van der Waals surface area contributed by atoms with Crippen LogP contribution in [0.5, 0.6) is 0 Å². The highest BCUT2D eigenvalue weighted by atomic mass is 19.1. The predicted octanol–water partition coefficient (Wildman–Crippen LogP) is 8.27. The van der Waals surface area contributed by atoms with E-state index in [1.165, 1.54) is 45.7 Å². The lowest BCUT2D eigenvalue weighted by molar-refractivity contribution is 0.0491. The average molecular weight is 751 g/mol. The van der Waals surface area contributed by atoms with Gasteiger partial charge in [0.1, 0.15) is 29.2 Å². The van der Waals surface area contributed by atoms with E-state index in [9.17, 15) is 18.3 Å². The molecule has 2 saturated carbocycles. The van der Waals surface area contributed by atoms with Crippen LogP contribution >= 0.6 is 0 Å².